The maximum absolute atomic E-state index is 15.1. The van der Waals surface area contributed by atoms with Crippen LogP contribution in [0.5, 0.6) is 0 Å². The molecule has 5 rings (SSSR count). The first-order valence-corrected chi connectivity index (χ1v) is 10.6. The first kappa shape index (κ1) is 18.4. The maximum atomic E-state index is 15.1. The highest BCUT2D eigenvalue weighted by atomic mass is 35.5. The van der Waals surface area contributed by atoms with E-state index in [1.165, 1.54) is 0 Å². The van der Waals surface area contributed by atoms with E-state index >= 15 is 4.39 Å². The van der Waals surface area contributed by atoms with E-state index in [2.05, 4.69) is 10.6 Å². The van der Waals surface area contributed by atoms with E-state index in [9.17, 15) is 4.79 Å². The molecule has 2 heterocycles. The molecule has 2 aromatic rings. The quantitative estimate of drug-likeness (QED) is 0.649. The van der Waals surface area contributed by atoms with Crippen LogP contribution in [-0.2, 0) is 10.2 Å². The smallest absolute Gasteiger partial charge is 0.237 e. The summed E-state index contributed by atoms with van der Waals surface area (Å²) < 4.78 is 15.1. The van der Waals surface area contributed by atoms with Crippen molar-refractivity contribution in [3.63, 3.8) is 0 Å². The largest absolute Gasteiger partial charge is 0.325 e. The summed E-state index contributed by atoms with van der Waals surface area (Å²) in [5, 5.41) is 7.40. The molecule has 2 aliphatic heterocycles. The molecule has 3 nitrogen and oxygen atoms in total. The average Bonchev–Trinajstić information content (AvgIpc) is 3.15. The van der Waals surface area contributed by atoms with Crippen LogP contribution in [0.2, 0.25) is 10.0 Å². The van der Waals surface area contributed by atoms with Crippen molar-refractivity contribution in [2.45, 2.75) is 49.0 Å². The van der Waals surface area contributed by atoms with Crippen LogP contribution in [0.1, 0.15) is 49.1 Å². The number of halogens is 3. The molecule has 28 heavy (non-hydrogen) atoms. The molecule has 2 fully saturated rings. The summed E-state index contributed by atoms with van der Waals surface area (Å²) in [7, 11) is 0. The summed E-state index contributed by atoms with van der Waals surface area (Å²) in [6.45, 7) is 0.534. The van der Waals surface area contributed by atoms with Gasteiger partial charge in [0, 0.05) is 28.7 Å². The van der Waals surface area contributed by atoms with Gasteiger partial charge in [-0.05, 0) is 42.2 Å². The Bertz CT molecular complexity index is 973. The minimum Gasteiger partial charge on any atom is -0.325 e. The fourth-order valence-electron chi connectivity index (χ4n) is 5.91. The molecule has 0 aromatic heterocycles. The van der Waals surface area contributed by atoms with E-state index in [0.717, 1.165) is 43.4 Å². The zero-order valence-electron chi connectivity index (χ0n) is 15.3. The van der Waals surface area contributed by atoms with E-state index in [4.69, 9.17) is 23.2 Å². The molecule has 0 unspecified atom stereocenters. The molecule has 1 aliphatic carbocycles. The summed E-state index contributed by atoms with van der Waals surface area (Å²) in [4.78, 5) is 13.7. The van der Waals surface area contributed by atoms with E-state index in [1.54, 1.807) is 24.3 Å². The van der Waals surface area contributed by atoms with Gasteiger partial charge in [-0.3, -0.25) is 4.79 Å². The van der Waals surface area contributed by atoms with Crippen LogP contribution in [0.15, 0.2) is 36.4 Å². The lowest BCUT2D eigenvalue weighted by atomic mass is 9.56. The molecule has 6 heteroatoms. The third-order valence-corrected chi connectivity index (χ3v) is 7.53. The van der Waals surface area contributed by atoms with Gasteiger partial charge < -0.3 is 10.6 Å². The van der Waals surface area contributed by atoms with Crippen molar-refractivity contribution < 1.29 is 9.18 Å². The number of carbonyl (C=O) groups is 1. The number of hydrogen-bond donors (Lipinski definition) is 2. The van der Waals surface area contributed by atoms with Gasteiger partial charge in [0.2, 0.25) is 5.91 Å². The molecule has 0 radical (unpaired) electrons. The summed E-state index contributed by atoms with van der Waals surface area (Å²) >= 11 is 12.3. The van der Waals surface area contributed by atoms with Gasteiger partial charge in [0.05, 0.1) is 5.02 Å². The molecule has 1 amide bonds. The average molecular weight is 419 g/mol. The number of anilines is 1. The van der Waals surface area contributed by atoms with Crippen LogP contribution in [0, 0.1) is 5.82 Å². The Kier molecular flexibility index (Phi) is 4.24. The molecule has 0 bridgehead atoms. The first-order valence-electron chi connectivity index (χ1n) is 9.80. The lowest BCUT2D eigenvalue weighted by Crippen LogP contribution is -2.60. The monoisotopic (exact) mass is 418 g/mol. The molecule has 1 saturated heterocycles. The van der Waals surface area contributed by atoms with Crippen molar-refractivity contribution in [2.75, 3.05) is 11.9 Å². The molecule has 2 atom stereocenters. The fraction of sp³-hybridized carbons (Fsp3) is 0.409. The molecular weight excluding hydrogens is 398 g/mol. The zero-order chi connectivity index (χ0) is 19.5. The zero-order valence-corrected chi connectivity index (χ0v) is 16.8. The second-order valence-electron chi connectivity index (χ2n) is 8.17. The van der Waals surface area contributed by atoms with E-state index in [0.29, 0.717) is 17.1 Å². The van der Waals surface area contributed by atoms with Gasteiger partial charge in [-0.2, -0.15) is 0 Å². The SMILES string of the molecule is O=C1Nc2cc(Cl)ccc2[C@@]12[C@@H](c1cccc(Cl)c1F)CNC21CCCCC1. The number of fused-ring (bicyclic) bond motifs is 3. The van der Waals surface area contributed by atoms with E-state index in [-0.39, 0.29) is 16.8 Å². The summed E-state index contributed by atoms with van der Waals surface area (Å²) in [5.41, 5.74) is 0.879. The van der Waals surface area contributed by atoms with Crippen molar-refractivity contribution in [3.8, 4) is 0 Å². The maximum Gasteiger partial charge on any atom is 0.237 e. The first-order chi connectivity index (χ1) is 13.5. The Morgan fingerprint density at radius 2 is 1.86 bits per heavy atom. The van der Waals surface area contributed by atoms with Crippen LogP contribution >= 0.6 is 23.2 Å². The predicted molar refractivity (Wildman–Crippen MR) is 110 cm³/mol. The van der Waals surface area contributed by atoms with E-state index < -0.39 is 16.8 Å². The minimum atomic E-state index is -0.876. The molecule has 3 aliphatic rings. The molecule has 2 aromatic carbocycles. The number of amides is 1. The van der Waals surface area contributed by atoms with Gasteiger partial charge in [-0.25, -0.2) is 4.39 Å². The number of carbonyl (C=O) groups excluding carboxylic acids is 1. The minimum absolute atomic E-state index is 0.0685. The second-order valence-corrected chi connectivity index (χ2v) is 9.01. The van der Waals surface area contributed by atoms with E-state index in [1.807, 2.05) is 12.1 Å². The highest BCUT2D eigenvalue weighted by Gasteiger charge is 2.68. The van der Waals surface area contributed by atoms with Crippen molar-refractivity contribution in [1.29, 1.82) is 0 Å². The lowest BCUT2D eigenvalue weighted by molar-refractivity contribution is -0.124. The van der Waals surface area contributed by atoms with Gasteiger partial charge in [0.25, 0.3) is 0 Å². The Morgan fingerprint density at radius 1 is 1.07 bits per heavy atom. The molecule has 2 N–H and O–H groups in total. The second kappa shape index (κ2) is 6.45. The van der Waals surface area contributed by atoms with Crippen molar-refractivity contribution in [1.82, 2.24) is 5.32 Å². The van der Waals surface area contributed by atoms with Gasteiger partial charge in [0.15, 0.2) is 0 Å². The van der Waals surface area contributed by atoms with Crippen LogP contribution in [0.4, 0.5) is 10.1 Å². The highest BCUT2D eigenvalue weighted by Crippen LogP contribution is 2.60. The summed E-state index contributed by atoms with van der Waals surface area (Å²) in [5.74, 6) is -0.841. The van der Waals surface area contributed by atoms with Crippen LogP contribution in [-0.4, -0.2) is 18.0 Å². The van der Waals surface area contributed by atoms with Crippen LogP contribution < -0.4 is 10.6 Å². The molecule has 146 valence electrons. The normalized spacial score (nSPS) is 28.0. The van der Waals surface area contributed by atoms with Crippen molar-refractivity contribution >= 4 is 34.8 Å². The summed E-state index contributed by atoms with van der Waals surface area (Å²) in [6, 6.07) is 10.6. The third-order valence-electron chi connectivity index (χ3n) is 7.00. The summed E-state index contributed by atoms with van der Waals surface area (Å²) in [6.07, 6.45) is 5.04. The number of rotatable bonds is 1. The molecular formula is C22H21Cl2FN2O. The third kappa shape index (κ3) is 2.28. The Balaban J connectivity index is 1.78. The van der Waals surface area contributed by atoms with Crippen LogP contribution in [0.3, 0.4) is 0 Å². The van der Waals surface area contributed by atoms with Gasteiger partial charge in [0.1, 0.15) is 11.2 Å². The van der Waals surface area contributed by atoms with Crippen molar-refractivity contribution in [3.05, 3.63) is 63.4 Å². The standard InChI is InChI=1S/C22H21Cl2FN2O/c23-13-7-8-15-18(11-13)27-20(28)22(15)16(14-5-4-6-17(24)19(14)25)12-26-21(22)9-2-1-3-10-21/h4-8,11,16,26H,1-3,9-10,12H2,(H,27,28)/t16-,22-/m1/s1. The molecule has 1 saturated carbocycles. The van der Waals surface area contributed by atoms with Gasteiger partial charge in [-0.1, -0.05) is 60.7 Å². The predicted octanol–water partition coefficient (Wildman–Crippen LogP) is 5.41. The Morgan fingerprint density at radius 3 is 2.64 bits per heavy atom. The Labute approximate surface area is 173 Å². The highest BCUT2D eigenvalue weighted by molar-refractivity contribution is 6.31. The fourth-order valence-corrected chi connectivity index (χ4v) is 6.26. The Hall–Kier alpha value is -1.62. The van der Waals surface area contributed by atoms with Crippen LogP contribution in [0.25, 0.3) is 0 Å². The topological polar surface area (TPSA) is 41.1 Å². The lowest BCUT2D eigenvalue weighted by Gasteiger charge is -2.47. The number of nitrogens with one attached hydrogen (secondary N) is 2. The van der Waals surface area contributed by atoms with Gasteiger partial charge in [-0.15, -0.1) is 0 Å². The molecule has 2 spiro atoms. The number of benzene rings is 2. The number of hydrogen-bond acceptors (Lipinski definition) is 2. The van der Waals surface area contributed by atoms with Crippen molar-refractivity contribution in [2.24, 2.45) is 0 Å². The van der Waals surface area contributed by atoms with Gasteiger partial charge >= 0.3 is 0 Å².